The summed E-state index contributed by atoms with van der Waals surface area (Å²) >= 11 is 0. The Labute approximate surface area is 120 Å². The van der Waals surface area contributed by atoms with Gasteiger partial charge in [0.25, 0.3) is 0 Å². The summed E-state index contributed by atoms with van der Waals surface area (Å²) in [5.74, 6) is 1.56. The summed E-state index contributed by atoms with van der Waals surface area (Å²) in [7, 11) is 0. The second-order valence-corrected chi connectivity index (χ2v) is 4.73. The van der Waals surface area contributed by atoms with Crippen LogP contribution in [0.4, 0.5) is 11.5 Å². The van der Waals surface area contributed by atoms with Crippen molar-refractivity contribution < 1.29 is 4.74 Å². The van der Waals surface area contributed by atoms with Crippen molar-refractivity contribution in [2.75, 3.05) is 17.7 Å². The van der Waals surface area contributed by atoms with Crippen molar-refractivity contribution in [3.63, 3.8) is 0 Å². The number of benzene rings is 1. The van der Waals surface area contributed by atoms with Crippen LogP contribution in [0, 0.1) is 0 Å². The molecule has 0 saturated heterocycles. The van der Waals surface area contributed by atoms with E-state index in [4.69, 9.17) is 10.5 Å². The predicted molar refractivity (Wildman–Crippen MR) is 82.9 cm³/mol. The largest absolute Gasteiger partial charge is 0.490 e. The molecule has 4 nitrogen and oxygen atoms in total. The SMILES string of the molecule is CCCOc1cccnc1NC(C)c1ccc(N)cc1. The van der Waals surface area contributed by atoms with Crippen LogP contribution in [-0.4, -0.2) is 11.6 Å². The second-order valence-electron chi connectivity index (χ2n) is 4.73. The first kappa shape index (κ1) is 14.2. The maximum atomic E-state index is 5.71. The summed E-state index contributed by atoms with van der Waals surface area (Å²) in [6.45, 7) is 4.86. The standard InChI is InChI=1S/C16H21N3O/c1-3-11-20-15-5-4-10-18-16(15)19-12(2)13-6-8-14(17)9-7-13/h4-10,12H,3,11,17H2,1-2H3,(H,18,19). The average Bonchev–Trinajstić information content (AvgIpc) is 2.47. The van der Waals surface area contributed by atoms with Gasteiger partial charge in [-0.05, 0) is 43.2 Å². The fraction of sp³-hybridized carbons (Fsp3) is 0.312. The summed E-state index contributed by atoms with van der Waals surface area (Å²) in [6, 6.07) is 11.8. The van der Waals surface area contributed by atoms with Gasteiger partial charge in [-0.2, -0.15) is 0 Å². The zero-order chi connectivity index (χ0) is 14.4. The maximum absolute atomic E-state index is 5.71. The van der Waals surface area contributed by atoms with Crippen molar-refractivity contribution in [1.82, 2.24) is 4.98 Å². The van der Waals surface area contributed by atoms with Gasteiger partial charge in [0.2, 0.25) is 0 Å². The van der Waals surface area contributed by atoms with Gasteiger partial charge in [-0.15, -0.1) is 0 Å². The van der Waals surface area contributed by atoms with Crippen LogP contribution < -0.4 is 15.8 Å². The van der Waals surface area contributed by atoms with E-state index >= 15 is 0 Å². The first-order valence-electron chi connectivity index (χ1n) is 6.90. The molecule has 0 aliphatic carbocycles. The monoisotopic (exact) mass is 271 g/mol. The van der Waals surface area contributed by atoms with Gasteiger partial charge < -0.3 is 15.8 Å². The number of ether oxygens (including phenoxy) is 1. The van der Waals surface area contributed by atoms with E-state index in [1.165, 1.54) is 0 Å². The van der Waals surface area contributed by atoms with E-state index in [-0.39, 0.29) is 6.04 Å². The first-order valence-corrected chi connectivity index (χ1v) is 6.90. The Morgan fingerprint density at radius 2 is 2.00 bits per heavy atom. The summed E-state index contributed by atoms with van der Waals surface area (Å²) in [4.78, 5) is 4.35. The molecule has 0 aliphatic heterocycles. The first-order chi connectivity index (χ1) is 9.70. The van der Waals surface area contributed by atoms with Crippen LogP contribution >= 0.6 is 0 Å². The number of pyridine rings is 1. The van der Waals surface area contributed by atoms with E-state index in [0.717, 1.165) is 29.2 Å². The zero-order valence-electron chi connectivity index (χ0n) is 12.0. The topological polar surface area (TPSA) is 60.2 Å². The normalized spacial score (nSPS) is 11.9. The molecule has 2 rings (SSSR count). The summed E-state index contributed by atoms with van der Waals surface area (Å²) in [6.07, 6.45) is 2.73. The van der Waals surface area contributed by atoms with Crippen molar-refractivity contribution in [2.24, 2.45) is 0 Å². The van der Waals surface area contributed by atoms with Gasteiger partial charge in [0.05, 0.1) is 12.6 Å². The lowest BCUT2D eigenvalue weighted by atomic mass is 10.1. The highest BCUT2D eigenvalue weighted by molar-refractivity contribution is 5.51. The van der Waals surface area contributed by atoms with E-state index in [1.807, 2.05) is 36.4 Å². The number of anilines is 2. The molecule has 4 heteroatoms. The second kappa shape index (κ2) is 6.80. The molecule has 1 atom stereocenters. The molecule has 1 unspecified atom stereocenters. The smallest absolute Gasteiger partial charge is 0.169 e. The van der Waals surface area contributed by atoms with E-state index in [9.17, 15) is 0 Å². The molecule has 1 aromatic carbocycles. The molecule has 1 aromatic heterocycles. The molecule has 0 spiro atoms. The van der Waals surface area contributed by atoms with Crippen LogP contribution in [0.25, 0.3) is 0 Å². The molecule has 0 aliphatic rings. The number of nitrogens with one attached hydrogen (secondary N) is 1. The van der Waals surface area contributed by atoms with Gasteiger partial charge in [-0.3, -0.25) is 0 Å². The average molecular weight is 271 g/mol. The van der Waals surface area contributed by atoms with Crippen LogP contribution in [0.3, 0.4) is 0 Å². The third kappa shape index (κ3) is 3.63. The Bertz CT molecular complexity index is 540. The minimum absolute atomic E-state index is 0.134. The summed E-state index contributed by atoms with van der Waals surface area (Å²) in [5.41, 5.74) is 7.63. The lowest BCUT2D eigenvalue weighted by molar-refractivity contribution is 0.317. The third-order valence-corrected chi connectivity index (χ3v) is 3.02. The molecule has 106 valence electrons. The number of rotatable bonds is 6. The number of aromatic nitrogens is 1. The molecule has 20 heavy (non-hydrogen) atoms. The highest BCUT2D eigenvalue weighted by Crippen LogP contribution is 2.26. The van der Waals surface area contributed by atoms with Gasteiger partial charge in [0.15, 0.2) is 11.6 Å². The molecule has 0 fully saturated rings. The maximum Gasteiger partial charge on any atom is 0.169 e. The fourth-order valence-electron chi connectivity index (χ4n) is 1.90. The Hall–Kier alpha value is -2.23. The highest BCUT2D eigenvalue weighted by Gasteiger charge is 2.10. The van der Waals surface area contributed by atoms with E-state index in [2.05, 4.69) is 24.1 Å². The van der Waals surface area contributed by atoms with Gasteiger partial charge in [-0.25, -0.2) is 4.98 Å². The van der Waals surface area contributed by atoms with Crippen LogP contribution in [-0.2, 0) is 0 Å². The molecule has 2 aromatic rings. The van der Waals surface area contributed by atoms with E-state index in [1.54, 1.807) is 6.20 Å². The van der Waals surface area contributed by atoms with Crippen molar-refractivity contribution in [3.05, 3.63) is 48.2 Å². The van der Waals surface area contributed by atoms with E-state index < -0.39 is 0 Å². The molecular formula is C16H21N3O. The Balaban J connectivity index is 2.10. The quantitative estimate of drug-likeness (QED) is 0.788. The number of nitrogens with two attached hydrogens (primary N) is 1. The summed E-state index contributed by atoms with van der Waals surface area (Å²) < 4.78 is 5.70. The Kier molecular flexibility index (Phi) is 4.82. The number of hydrogen-bond acceptors (Lipinski definition) is 4. The highest BCUT2D eigenvalue weighted by atomic mass is 16.5. The lowest BCUT2D eigenvalue weighted by Gasteiger charge is -2.17. The number of nitrogens with zero attached hydrogens (tertiary/aromatic N) is 1. The van der Waals surface area contributed by atoms with Gasteiger partial charge in [0, 0.05) is 11.9 Å². The summed E-state index contributed by atoms with van der Waals surface area (Å²) in [5, 5.41) is 3.38. The molecular weight excluding hydrogens is 250 g/mol. The van der Waals surface area contributed by atoms with Gasteiger partial charge in [-0.1, -0.05) is 19.1 Å². The molecule has 0 saturated carbocycles. The Morgan fingerprint density at radius 3 is 2.70 bits per heavy atom. The van der Waals surface area contributed by atoms with Crippen molar-refractivity contribution >= 4 is 11.5 Å². The molecule has 0 bridgehead atoms. The molecule has 1 heterocycles. The fourth-order valence-corrected chi connectivity index (χ4v) is 1.90. The molecule has 0 radical (unpaired) electrons. The van der Waals surface area contributed by atoms with E-state index in [0.29, 0.717) is 6.61 Å². The Morgan fingerprint density at radius 1 is 1.25 bits per heavy atom. The van der Waals surface area contributed by atoms with Crippen molar-refractivity contribution in [3.8, 4) is 5.75 Å². The van der Waals surface area contributed by atoms with Gasteiger partial charge >= 0.3 is 0 Å². The number of nitrogen functional groups attached to an aromatic ring is 1. The van der Waals surface area contributed by atoms with Crippen LogP contribution in [0.2, 0.25) is 0 Å². The van der Waals surface area contributed by atoms with Crippen molar-refractivity contribution in [1.29, 1.82) is 0 Å². The van der Waals surface area contributed by atoms with Crippen molar-refractivity contribution in [2.45, 2.75) is 26.3 Å². The number of hydrogen-bond donors (Lipinski definition) is 2. The van der Waals surface area contributed by atoms with Gasteiger partial charge in [0.1, 0.15) is 0 Å². The molecule has 0 amide bonds. The zero-order valence-corrected chi connectivity index (χ0v) is 12.0. The molecule has 3 N–H and O–H groups in total. The minimum atomic E-state index is 0.134. The van der Waals surface area contributed by atoms with Crippen LogP contribution in [0.15, 0.2) is 42.6 Å². The minimum Gasteiger partial charge on any atom is -0.490 e. The predicted octanol–water partition coefficient (Wildman–Crippen LogP) is 3.63. The van der Waals surface area contributed by atoms with Crippen LogP contribution in [0.5, 0.6) is 5.75 Å². The third-order valence-electron chi connectivity index (χ3n) is 3.02. The van der Waals surface area contributed by atoms with Crippen LogP contribution in [0.1, 0.15) is 31.9 Å². The lowest BCUT2D eigenvalue weighted by Crippen LogP contribution is -2.10.